The van der Waals surface area contributed by atoms with E-state index in [1.165, 1.54) is 6.07 Å². The van der Waals surface area contributed by atoms with Crippen molar-refractivity contribution in [1.29, 1.82) is 0 Å². The lowest BCUT2D eigenvalue weighted by Crippen LogP contribution is -2.50. The zero-order valence-corrected chi connectivity index (χ0v) is 13.1. The Hall–Kier alpha value is -1.78. The molecule has 0 bridgehead atoms. The lowest BCUT2D eigenvalue weighted by Gasteiger charge is -2.36. The summed E-state index contributed by atoms with van der Waals surface area (Å²) in [6.45, 7) is 9.73. The maximum absolute atomic E-state index is 14.0. The second-order valence-electron chi connectivity index (χ2n) is 6.41. The average molecular weight is 294 g/mol. The smallest absolute Gasteiger partial charge is 0.410 e. The number of ether oxygens (including phenoxy) is 1. The van der Waals surface area contributed by atoms with Gasteiger partial charge in [-0.25, -0.2) is 9.18 Å². The number of hydrogen-bond acceptors (Lipinski definition) is 3. The Balaban J connectivity index is 1.95. The first-order valence-electron chi connectivity index (χ1n) is 7.25. The lowest BCUT2D eigenvalue weighted by atomic mass is 10.2. The van der Waals surface area contributed by atoms with Crippen LogP contribution < -0.4 is 4.90 Å². The van der Waals surface area contributed by atoms with Crippen LogP contribution in [0.1, 0.15) is 26.3 Å². The summed E-state index contributed by atoms with van der Waals surface area (Å²) in [5.74, 6) is -0.208. The molecule has 1 aromatic rings. The molecule has 4 nitrogen and oxygen atoms in total. The highest BCUT2D eigenvalue weighted by Crippen LogP contribution is 2.22. The van der Waals surface area contributed by atoms with Gasteiger partial charge in [0.25, 0.3) is 0 Å². The van der Waals surface area contributed by atoms with E-state index < -0.39 is 5.60 Å². The van der Waals surface area contributed by atoms with E-state index in [0.717, 1.165) is 5.56 Å². The van der Waals surface area contributed by atoms with Crippen molar-refractivity contribution in [2.24, 2.45) is 0 Å². The summed E-state index contributed by atoms with van der Waals surface area (Å²) in [5, 5.41) is 0. The molecule has 1 heterocycles. The number of carbonyl (C=O) groups excluding carboxylic acids is 1. The fourth-order valence-corrected chi connectivity index (χ4v) is 2.32. The maximum Gasteiger partial charge on any atom is 0.410 e. The van der Waals surface area contributed by atoms with E-state index in [2.05, 4.69) is 0 Å². The van der Waals surface area contributed by atoms with Crippen molar-refractivity contribution in [3.05, 3.63) is 29.6 Å². The van der Waals surface area contributed by atoms with E-state index in [9.17, 15) is 9.18 Å². The van der Waals surface area contributed by atoms with Gasteiger partial charge in [-0.3, -0.25) is 0 Å². The molecule has 0 N–H and O–H groups in total. The van der Waals surface area contributed by atoms with Crippen molar-refractivity contribution in [2.45, 2.75) is 33.3 Å². The number of halogens is 1. The number of nitrogens with zero attached hydrogens (tertiary/aromatic N) is 2. The summed E-state index contributed by atoms with van der Waals surface area (Å²) >= 11 is 0. The fraction of sp³-hybridized carbons (Fsp3) is 0.562. The average Bonchev–Trinajstić information content (AvgIpc) is 2.37. The number of anilines is 1. The first kappa shape index (κ1) is 15.6. The molecule has 0 saturated carbocycles. The molecule has 1 saturated heterocycles. The van der Waals surface area contributed by atoms with E-state index >= 15 is 0 Å². The third-order valence-corrected chi connectivity index (χ3v) is 3.38. The minimum Gasteiger partial charge on any atom is -0.444 e. The van der Waals surface area contributed by atoms with Gasteiger partial charge >= 0.3 is 6.09 Å². The Kier molecular flexibility index (Phi) is 4.40. The topological polar surface area (TPSA) is 32.8 Å². The zero-order chi connectivity index (χ0) is 15.6. The van der Waals surface area contributed by atoms with Crippen LogP contribution in [0.25, 0.3) is 0 Å². The Labute approximate surface area is 125 Å². The van der Waals surface area contributed by atoms with Crippen LogP contribution in [-0.2, 0) is 4.74 Å². The van der Waals surface area contributed by atoms with Crippen LogP contribution in [0.4, 0.5) is 14.9 Å². The fourth-order valence-electron chi connectivity index (χ4n) is 2.32. The van der Waals surface area contributed by atoms with Crippen LogP contribution in [-0.4, -0.2) is 42.8 Å². The monoisotopic (exact) mass is 294 g/mol. The van der Waals surface area contributed by atoms with Crippen LogP contribution in [0.3, 0.4) is 0 Å². The van der Waals surface area contributed by atoms with Crippen molar-refractivity contribution < 1.29 is 13.9 Å². The van der Waals surface area contributed by atoms with Gasteiger partial charge in [-0.2, -0.15) is 0 Å². The van der Waals surface area contributed by atoms with Gasteiger partial charge in [-0.15, -0.1) is 0 Å². The van der Waals surface area contributed by atoms with Gasteiger partial charge in [0.1, 0.15) is 11.4 Å². The minimum absolute atomic E-state index is 0.208. The molecule has 0 aromatic heterocycles. The molecular formula is C16H23FN2O2. The zero-order valence-electron chi connectivity index (χ0n) is 13.1. The normalized spacial score (nSPS) is 16.0. The van der Waals surface area contributed by atoms with Crippen LogP contribution in [0.15, 0.2) is 18.2 Å². The lowest BCUT2D eigenvalue weighted by molar-refractivity contribution is 0.0240. The molecule has 21 heavy (non-hydrogen) atoms. The van der Waals surface area contributed by atoms with Crippen molar-refractivity contribution >= 4 is 11.8 Å². The van der Waals surface area contributed by atoms with Gasteiger partial charge in [0, 0.05) is 26.2 Å². The third kappa shape index (κ3) is 4.09. The SMILES string of the molecule is Cc1ccc(N2CCN(C(=O)OC(C)(C)C)CC2)c(F)c1. The van der Waals surface area contributed by atoms with Crippen molar-refractivity contribution in [3.63, 3.8) is 0 Å². The molecule has 0 atom stereocenters. The van der Waals surface area contributed by atoms with Gasteiger partial charge in [0.05, 0.1) is 5.69 Å². The highest BCUT2D eigenvalue weighted by molar-refractivity contribution is 5.68. The van der Waals surface area contributed by atoms with E-state index in [0.29, 0.717) is 31.9 Å². The van der Waals surface area contributed by atoms with Crippen LogP contribution in [0.2, 0.25) is 0 Å². The molecule has 0 spiro atoms. The van der Waals surface area contributed by atoms with Gasteiger partial charge in [0.15, 0.2) is 0 Å². The Bertz CT molecular complexity index is 517. The van der Waals surface area contributed by atoms with E-state index in [-0.39, 0.29) is 11.9 Å². The van der Waals surface area contributed by atoms with Gasteiger partial charge < -0.3 is 14.5 Å². The van der Waals surface area contributed by atoms with Crippen molar-refractivity contribution in [1.82, 2.24) is 4.90 Å². The first-order valence-corrected chi connectivity index (χ1v) is 7.25. The van der Waals surface area contributed by atoms with Crippen molar-refractivity contribution in [2.75, 3.05) is 31.1 Å². The van der Waals surface area contributed by atoms with E-state index in [1.807, 2.05) is 38.7 Å². The molecule has 2 rings (SSSR count). The molecule has 5 heteroatoms. The number of benzene rings is 1. The largest absolute Gasteiger partial charge is 0.444 e. The molecule has 0 radical (unpaired) electrons. The Morgan fingerprint density at radius 3 is 2.33 bits per heavy atom. The summed E-state index contributed by atoms with van der Waals surface area (Å²) in [4.78, 5) is 15.6. The second-order valence-corrected chi connectivity index (χ2v) is 6.41. The predicted octanol–water partition coefficient (Wildman–Crippen LogP) is 3.19. The van der Waals surface area contributed by atoms with E-state index in [4.69, 9.17) is 4.74 Å². The van der Waals surface area contributed by atoms with Crippen molar-refractivity contribution in [3.8, 4) is 0 Å². The molecule has 1 aromatic carbocycles. The molecule has 1 amide bonds. The molecule has 1 aliphatic rings. The number of piperazine rings is 1. The summed E-state index contributed by atoms with van der Waals surface area (Å²) in [5.41, 5.74) is 1.02. The number of amides is 1. The number of rotatable bonds is 1. The predicted molar refractivity (Wildman–Crippen MR) is 81.2 cm³/mol. The molecule has 1 aliphatic heterocycles. The molecule has 1 fully saturated rings. The Morgan fingerprint density at radius 1 is 1.19 bits per heavy atom. The summed E-state index contributed by atoms with van der Waals surface area (Å²) in [6.07, 6.45) is -0.300. The van der Waals surface area contributed by atoms with Crippen LogP contribution >= 0.6 is 0 Å². The highest BCUT2D eigenvalue weighted by Gasteiger charge is 2.26. The standard InChI is InChI=1S/C16H23FN2O2/c1-12-5-6-14(13(17)11-12)18-7-9-19(10-8-18)15(20)21-16(2,3)4/h5-6,11H,7-10H2,1-4H3. The first-order chi connectivity index (χ1) is 9.76. The molecule has 0 unspecified atom stereocenters. The molecule has 116 valence electrons. The summed E-state index contributed by atoms with van der Waals surface area (Å²) < 4.78 is 19.3. The van der Waals surface area contributed by atoms with Crippen LogP contribution in [0.5, 0.6) is 0 Å². The maximum atomic E-state index is 14.0. The Morgan fingerprint density at radius 2 is 1.81 bits per heavy atom. The minimum atomic E-state index is -0.489. The highest BCUT2D eigenvalue weighted by atomic mass is 19.1. The van der Waals surface area contributed by atoms with Gasteiger partial charge in [-0.05, 0) is 45.4 Å². The van der Waals surface area contributed by atoms with Gasteiger partial charge in [-0.1, -0.05) is 6.07 Å². The third-order valence-electron chi connectivity index (χ3n) is 3.38. The van der Waals surface area contributed by atoms with Gasteiger partial charge in [0.2, 0.25) is 0 Å². The number of carbonyl (C=O) groups is 1. The second kappa shape index (κ2) is 5.92. The summed E-state index contributed by atoms with van der Waals surface area (Å²) in [6, 6.07) is 5.24. The van der Waals surface area contributed by atoms with Crippen LogP contribution in [0, 0.1) is 12.7 Å². The van der Waals surface area contributed by atoms with E-state index in [1.54, 1.807) is 11.0 Å². The number of hydrogen-bond donors (Lipinski definition) is 0. The molecular weight excluding hydrogens is 271 g/mol. The quantitative estimate of drug-likeness (QED) is 0.797. The molecule has 0 aliphatic carbocycles. The number of aryl methyl sites for hydroxylation is 1. The summed E-state index contributed by atoms with van der Waals surface area (Å²) in [7, 11) is 0.